The Balaban J connectivity index is 1.26. The molecule has 8 nitrogen and oxygen atoms in total. The van der Waals surface area contributed by atoms with E-state index in [-0.39, 0.29) is 23.9 Å². The molecule has 1 saturated carbocycles. The maximum atomic E-state index is 13.8. The van der Waals surface area contributed by atoms with Crippen LogP contribution in [0.1, 0.15) is 44.1 Å². The fourth-order valence-electron chi connectivity index (χ4n) is 6.32. The van der Waals surface area contributed by atoms with Gasteiger partial charge in [-0.05, 0) is 71.5 Å². The first-order valence-electron chi connectivity index (χ1n) is 13.4. The normalized spacial score (nSPS) is 21.8. The number of aromatic amines is 1. The van der Waals surface area contributed by atoms with Crippen LogP contribution in [0.25, 0.3) is 32.9 Å². The monoisotopic (exact) mass is 544 g/mol. The Morgan fingerprint density at radius 2 is 2.00 bits per heavy atom. The molecule has 3 aromatic carbocycles. The average Bonchev–Trinajstić information content (AvgIpc) is 3.37. The van der Waals surface area contributed by atoms with Gasteiger partial charge in [0.15, 0.2) is 0 Å². The lowest BCUT2D eigenvalue weighted by molar-refractivity contribution is -0.136. The van der Waals surface area contributed by atoms with Crippen molar-refractivity contribution in [3.05, 3.63) is 58.9 Å². The topological polar surface area (TPSA) is 96.5 Å². The van der Waals surface area contributed by atoms with E-state index in [1.165, 1.54) is 7.11 Å². The van der Waals surface area contributed by atoms with E-state index in [1.54, 1.807) is 0 Å². The molecule has 3 aliphatic rings. The summed E-state index contributed by atoms with van der Waals surface area (Å²) in [6.45, 7) is 4.32. The highest BCUT2D eigenvalue weighted by Crippen LogP contribution is 2.53. The number of imidazole rings is 1. The van der Waals surface area contributed by atoms with Crippen molar-refractivity contribution in [2.75, 3.05) is 7.11 Å². The van der Waals surface area contributed by atoms with Gasteiger partial charge in [-0.15, -0.1) is 0 Å². The number of nitrogens with one attached hydrogen (secondary N) is 2. The van der Waals surface area contributed by atoms with Crippen LogP contribution in [0.15, 0.2) is 42.5 Å². The number of piperidine rings is 1. The Morgan fingerprint density at radius 3 is 2.79 bits per heavy atom. The zero-order valence-corrected chi connectivity index (χ0v) is 22.7. The van der Waals surface area contributed by atoms with Crippen molar-refractivity contribution >= 4 is 45.4 Å². The summed E-state index contributed by atoms with van der Waals surface area (Å²) in [5, 5.41) is 5.54. The summed E-state index contributed by atoms with van der Waals surface area (Å²) in [7, 11) is 1.31. The van der Waals surface area contributed by atoms with Gasteiger partial charge in [-0.25, -0.2) is 9.78 Å². The Labute approximate surface area is 230 Å². The molecule has 4 atom stereocenters. The van der Waals surface area contributed by atoms with Gasteiger partial charge >= 0.3 is 6.09 Å². The van der Waals surface area contributed by atoms with E-state index in [9.17, 15) is 9.59 Å². The number of carbonyl (C=O) groups excluding carboxylic acids is 2. The molecular weight excluding hydrogens is 516 g/mol. The minimum absolute atomic E-state index is 0.0815. The Hall–Kier alpha value is -3.78. The molecule has 1 saturated heterocycles. The van der Waals surface area contributed by atoms with Crippen molar-refractivity contribution in [3.63, 3.8) is 0 Å². The number of halogens is 1. The number of aromatic nitrogens is 2. The van der Waals surface area contributed by atoms with Crippen molar-refractivity contribution in [2.45, 2.75) is 51.4 Å². The third-order valence-corrected chi connectivity index (χ3v) is 8.63. The molecule has 2 N–H and O–H groups in total. The van der Waals surface area contributed by atoms with E-state index in [0.717, 1.165) is 62.9 Å². The first-order valence-corrected chi connectivity index (χ1v) is 13.7. The number of methoxy groups -OCH3 is 1. The van der Waals surface area contributed by atoms with Gasteiger partial charge in [-0.3, -0.25) is 4.79 Å². The molecule has 7 rings (SSSR count). The molecule has 1 aliphatic carbocycles. The van der Waals surface area contributed by atoms with Gasteiger partial charge in [-0.2, -0.15) is 0 Å². The second-order valence-corrected chi connectivity index (χ2v) is 11.6. The highest BCUT2D eigenvalue weighted by Gasteiger charge is 2.56. The average molecular weight is 545 g/mol. The second kappa shape index (κ2) is 8.88. The van der Waals surface area contributed by atoms with Crippen LogP contribution in [0.3, 0.4) is 0 Å². The number of H-pyrrole nitrogens is 1. The van der Waals surface area contributed by atoms with Crippen molar-refractivity contribution in [1.29, 1.82) is 0 Å². The summed E-state index contributed by atoms with van der Waals surface area (Å²) in [5.74, 6) is 1.90. The molecule has 0 spiro atoms. The summed E-state index contributed by atoms with van der Waals surface area (Å²) in [5.41, 5.74) is 5.03. The van der Waals surface area contributed by atoms with Gasteiger partial charge in [0, 0.05) is 22.0 Å². The van der Waals surface area contributed by atoms with Crippen LogP contribution in [-0.2, 0) is 16.1 Å². The number of nitrogens with zero attached hydrogens (tertiary/aromatic N) is 2. The number of carbonyl (C=O) groups is 2. The Bertz CT molecular complexity index is 1660. The van der Waals surface area contributed by atoms with Crippen LogP contribution < -0.4 is 10.1 Å². The van der Waals surface area contributed by atoms with Crippen LogP contribution >= 0.6 is 11.6 Å². The maximum Gasteiger partial charge on any atom is 0.407 e. The molecule has 0 bridgehead atoms. The van der Waals surface area contributed by atoms with Crippen LogP contribution in [0.5, 0.6) is 5.75 Å². The van der Waals surface area contributed by atoms with Crippen molar-refractivity contribution < 1.29 is 19.1 Å². The number of benzene rings is 3. The van der Waals surface area contributed by atoms with Crippen LogP contribution in [0.2, 0.25) is 5.02 Å². The van der Waals surface area contributed by atoms with Gasteiger partial charge < -0.3 is 24.7 Å². The van der Waals surface area contributed by atoms with E-state index in [2.05, 4.69) is 28.5 Å². The highest BCUT2D eigenvalue weighted by molar-refractivity contribution is 6.30. The first-order chi connectivity index (χ1) is 18.8. The summed E-state index contributed by atoms with van der Waals surface area (Å²) in [4.78, 5) is 36.2. The summed E-state index contributed by atoms with van der Waals surface area (Å²) < 4.78 is 10.9. The standard InChI is InChI=1S/C30H29ClN4O4/c1-14(2)26(34-30(37)38-3)29(36)35-23-10-16(23)11-24(35)28-32-22-7-4-15-9-21-19-6-5-18(31)8-17(19)13-39-25(21)12-20(15)27(22)33-28/h4-9,12,14,16,23-24,26H,10-11,13H2,1-3H3,(H,32,33)(H,34,37)/t16-,23-,24+,26+/m1/s1. The quantitative estimate of drug-likeness (QED) is 0.330. The zero-order chi connectivity index (χ0) is 27.0. The number of ether oxygens (including phenoxy) is 2. The highest BCUT2D eigenvalue weighted by atomic mass is 35.5. The molecule has 200 valence electrons. The molecule has 4 aromatic rings. The molecule has 39 heavy (non-hydrogen) atoms. The third kappa shape index (κ3) is 3.92. The molecule has 1 aromatic heterocycles. The summed E-state index contributed by atoms with van der Waals surface area (Å²) in [6, 6.07) is 13.6. The maximum absolute atomic E-state index is 13.8. The fourth-order valence-corrected chi connectivity index (χ4v) is 6.51. The lowest BCUT2D eigenvalue weighted by Gasteiger charge is -2.31. The predicted octanol–water partition coefficient (Wildman–Crippen LogP) is 5.97. The summed E-state index contributed by atoms with van der Waals surface area (Å²) in [6.07, 6.45) is 1.25. The molecule has 2 aliphatic heterocycles. The van der Waals surface area contributed by atoms with E-state index in [1.807, 2.05) is 43.0 Å². The molecule has 0 radical (unpaired) electrons. The van der Waals surface area contributed by atoms with E-state index in [0.29, 0.717) is 17.5 Å². The van der Waals surface area contributed by atoms with Gasteiger partial charge in [0.05, 0.1) is 24.2 Å². The van der Waals surface area contributed by atoms with E-state index >= 15 is 0 Å². The Kier molecular flexibility index (Phi) is 5.53. The van der Waals surface area contributed by atoms with Crippen molar-refractivity contribution in [1.82, 2.24) is 20.2 Å². The molecule has 3 heterocycles. The minimum Gasteiger partial charge on any atom is -0.488 e. The van der Waals surface area contributed by atoms with Crippen LogP contribution in [-0.4, -0.2) is 46.1 Å². The molecule has 9 heteroatoms. The number of rotatable bonds is 4. The number of fused-ring (bicyclic) bond motifs is 7. The lowest BCUT2D eigenvalue weighted by Crippen LogP contribution is -2.52. The SMILES string of the molecule is COC(=O)N[C@H](C(=O)N1[C@@H]2C[C@@H]2C[C@H]1c1nc2ccc3cc4c(cc3c2[nH]1)OCc1cc(Cl)ccc1-4)C(C)C. The zero-order valence-electron chi connectivity index (χ0n) is 22.0. The smallest absolute Gasteiger partial charge is 0.407 e. The molecule has 0 unspecified atom stereocenters. The van der Waals surface area contributed by atoms with Crippen molar-refractivity contribution in [3.8, 4) is 16.9 Å². The second-order valence-electron chi connectivity index (χ2n) is 11.2. The third-order valence-electron chi connectivity index (χ3n) is 8.40. The molecular formula is C30H29ClN4O4. The number of alkyl carbamates (subject to hydrolysis) is 1. The number of hydrogen-bond donors (Lipinski definition) is 2. The van der Waals surface area contributed by atoms with E-state index in [4.69, 9.17) is 26.1 Å². The van der Waals surface area contributed by atoms with Gasteiger partial charge in [0.2, 0.25) is 5.91 Å². The largest absolute Gasteiger partial charge is 0.488 e. The fraction of sp³-hybridized carbons (Fsp3) is 0.367. The van der Waals surface area contributed by atoms with Crippen LogP contribution in [0, 0.1) is 11.8 Å². The Morgan fingerprint density at radius 1 is 1.15 bits per heavy atom. The summed E-state index contributed by atoms with van der Waals surface area (Å²) >= 11 is 6.21. The predicted molar refractivity (Wildman–Crippen MR) is 149 cm³/mol. The number of hydrogen-bond acceptors (Lipinski definition) is 5. The van der Waals surface area contributed by atoms with Gasteiger partial charge in [0.25, 0.3) is 0 Å². The molecule has 2 fully saturated rings. The first kappa shape index (κ1) is 24.3. The lowest BCUT2D eigenvalue weighted by atomic mass is 9.94. The van der Waals surface area contributed by atoms with Crippen molar-refractivity contribution in [2.24, 2.45) is 11.8 Å². The molecule has 2 amide bonds. The van der Waals surface area contributed by atoms with Gasteiger partial charge in [-0.1, -0.05) is 37.6 Å². The minimum atomic E-state index is -0.661. The van der Waals surface area contributed by atoms with Gasteiger partial charge in [0.1, 0.15) is 24.2 Å². The number of likely N-dealkylation sites (tertiary alicyclic amines) is 1. The van der Waals surface area contributed by atoms with Crippen LogP contribution in [0.4, 0.5) is 4.79 Å². The number of amides is 2. The van der Waals surface area contributed by atoms with E-state index < -0.39 is 12.1 Å².